The van der Waals surface area contributed by atoms with Crippen LogP contribution >= 0.6 is 0 Å². The summed E-state index contributed by atoms with van der Waals surface area (Å²) in [5.41, 5.74) is 2.80. The zero-order chi connectivity index (χ0) is 22.8. The second-order valence-corrected chi connectivity index (χ2v) is 7.56. The number of carbonyl (C=O) groups excluding carboxylic acids is 1. The number of anilines is 1. The number of phenolic OH excluding ortho intramolecular Hbond substituents is 1. The number of phenols is 1. The second-order valence-electron chi connectivity index (χ2n) is 7.56. The molecule has 0 atom stereocenters. The van der Waals surface area contributed by atoms with Crippen LogP contribution in [0.25, 0.3) is 27.9 Å². The van der Waals surface area contributed by atoms with Crippen molar-refractivity contribution < 1.29 is 14.3 Å². The Morgan fingerprint density at radius 3 is 2.76 bits per heavy atom. The molecule has 0 saturated heterocycles. The third-order valence-corrected chi connectivity index (χ3v) is 5.27. The summed E-state index contributed by atoms with van der Waals surface area (Å²) < 4.78 is 7.21. The van der Waals surface area contributed by atoms with Gasteiger partial charge in [-0.3, -0.25) is 4.79 Å². The zero-order valence-electron chi connectivity index (χ0n) is 17.7. The summed E-state index contributed by atoms with van der Waals surface area (Å²) in [4.78, 5) is 16.9. The van der Waals surface area contributed by atoms with Crippen molar-refractivity contribution in [1.82, 2.24) is 19.9 Å². The maximum Gasteiger partial charge on any atom is 0.287 e. The maximum absolute atomic E-state index is 12.4. The van der Waals surface area contributed by atoms with E-state index in [1.807, 2.05) is 36.4 Å². The van der Waals surface area contributed by atoms with Gasteiger partial charge in [0.15, 0.2) is 11.4 Å². The van der Waals surface area contributed by atoms with Crippen LogP contribution in [-0.4, -0.2) is 46.5 Å². The monoisotopic (exact) mass is 437 g/mol. The Labute approximate surface area is 190 Å². The minimum absolute atomic E-state index is 0.131. The molecular formula is C24H20BN5O3. The number of para-hydroxylation sites is 2. The van der Waals surface area contributed by atoms with Crippen LogP contribution in [0.1, 0.15) is 17.0 Å². The van der Waals surface area contributed by atoms with E-state index in [0.717, 1.165) is 5.39 Å². The molecule has 0 unspecified atom stereocenters. The molecule has 3 aromatic heterocycles. The number of aromatic nitrogens is 3. The predicted octanol–water partition coefficient (Wildman–Crippen LogP) is 2.87. The molecule has 0 aliphatic carbocycles. The molecule has 162 valence electrons. The summed E-state index contributed by atoms with van der Waals surface area (Å²) in [6.07, 6.45) is 2.20. The standard InChI is InChI=1S/C24H20BN5O3/c25-17-14-28-30-22(13-18(29-23(17)30)16-7-2-3-8-19(16)31)26-10-5-11-27-24(32)21-12-15-6-1-4-9-20(15)33-21/h1-4,6-9,12-14,26,31H,5,10-11H2,(H,27,32). The minimum atomic E-state index is -0.251. The fraction of sp³-hybridized carbons (Fsp3) is 0.125. The largest absolute Gasteiger partial charge is 0.507 e. The second kappa shape index (κ2) is 8.70. The Bertz CT molecular complexity index is 1430. The number of amides is 1. The Morgan fingerprint density at radius 1 is 1.09 bits per heavy atom. The number of benzene rings is 2. The lowest BCUT2D eigenvalue weighted by molar-refractivity contribution is 0.0928. The van der Waals surface area contributed by atoms with E-state index in [2.05, 4.69) is 20.7 Å². The molecule has 3 heterocycles. The number of aromatic hydroxyl groups is 1. The van der Waals surface area contributed by atoms with Crippen LogP contribution in [0.15, 0.2) is 71.3 Å². The lowest BCUT2D eigenvalue weighted by Crippen LogP contribution is -2.25. The fourth-order valence-electron chi connectivity index (χ4n) is 3.62. The first kappa shape index (κ1) is 20.6. The molecule has 0 spiro atoms. The van der Waals surface area contributed by atoms with Crippen molar-refractivity contribution in [3.63, 3.8) is 0 Å². The molecule has 33 heavy (non-hydrogen) atoms. The summed E-state index contributed by atoms with van der Waals surface area (Å²) in [7, 11) is 6.03. The van der Waals surface area contributed by atoms with Crippen LogP contribution in [0, 0.1) is 0 Å². The number of fused-ring (bicyclic) bond motifs is 2. The van der Waals surface area contributed by atoms with Crippen molar-refractivity contribution in [3.05, 3.63) is 72.6 Å². The Balaban J connectivity index is 1.25. The summed E-state index contributed by atoms with van der Waals surface area (Å²) in [5.74, 6) is 0.851. The van der Waals surface area contributed by atoms with Gasteiger partial charge in [0, 0.05) is 36.3 Å². The molecule has 5 rings (SSSR count). The minimum Gasteiger partial charge on any atom is -0.507 e. The van der Waals surface area contributed by atoms with Crippen LogP contribution in [0.4, 0.5) is 5.82 Å². The van der Waals surface area contributed by atoms with E-state index in [9.17, 15) is 9.90 Å². The van der Waals surface area contributed by atoms with Crippen molar-refractivity contribution in [2.45, 2.75) is 6.42 Å². The van der Waals surface area contributed by atoms with Crippen LogP contribution in [0.3, 0.4) is 0 Å². The summed E-state index contributed by atoms with van der Waals surface area (Å²) in [6.45, 7) is 1.03. The molecule has 5 aromatic rings. The molecule has 2 radical (unpaired) electrons. The maximum atomic E-state index is 12.4. The highest BCUT2D eigenvalue weighted by atomic mass is 16.3. The Kier molecular flexibility index (Phi) is 5.44. The van der Waals surface area contributed by atoms with Gasteiger partial charge >= 0.3 is 0 Å². The average Bonchev–Trinajstić information content (AvgIpc) is 3.43. The van der Waals surface area contributed by atoms with Crippen LogP contribution in [-0.2, 0) is 0 Å². The van der Waals surface area contributed by atoms with E-state index in [1.54, 1.807) is 28.8 Å². The summed E-state index contributed by atoms with van der Waals surface area (Å²) in [5, 5.41) is 21.6. The predicted molar refractivity (Wildman–Crippen MR) is 127 cm³/mol. The van der Waals surface area contributed by atoms with Gasteiger partial charge in [-0.2, -0.15) is 9.61 Å². The molecule has 0 saturated carbocycles. The first-order valence-electron chi connectivity index (χ1n) is 10.5. The number of nitrogens with zero attached hydrogens (tertiary/aromatic N) is 3. The van der Waals surface area contributed by atoms with Crippen molar-refractivity contribution in [2.24, 2.45) is 0 Å². The highest BCUT2D eigenvalue weighted by Gasteiger charge is 2.13. The molecule has 0 aliphatic heterocycles. The van der Waals surface area contributed by atoms with E-state index in [-0.39, 0.29) is 11.7 Å². The van der Waals surface area contributed by atoms with Crippen molar-refractivity contribution in [1.29, 1.82) is 0 Å². The molecule has 2 aromatic carbocycles. The lowest BCUT2D eigenvalue weighted by atomic mass is 10.0. The fourth-order valence-corrected chi connectivity index (χ4v) is 3.62. The number of nitrogens with one attached hydrogen (secondary N) is 2. The molecule has 9 heteroatoms. The lowest BCUT2D eigenvalue weighted by Gasteiger charge is -2.12. The van der Waals surface area contributed by atoms with Crippen LogP contribution in [0.2, 0.25) is 0 Å². The smallest absolute Gasteiger partial charge is 0.287 e. The first-order valence-corrected chi connectivity index (χ1v) is 10.5. The van der Waals surface area contributed by atoms with E-state index >= 15 is 0 Å². The first-order chi connectivity index (χ1) is 16.1. The van der Waals surface area contributed by atoms with Crippen LogP contribution in [0.5, 0.6) is 5.75 Å². The van der Waals surface area contributed by atoms with E-state index < -0.39 is 0 Å². The van der Waals surface area contributed by atoms with Crippen molar-refractivity contribution in [2.75, 3.05) is 18.4 Å². The topological polar surface area (TPSA) is 105 Å². The summed E-state index contributed by atoms with van der Waals surface area (Å²) >= 11 is 0. The molecule has 1 amide bonds. The Morgan fingerprint density at radius 2 is 1.91 bits per heavy atom. The highest BCUT2D eigenvalue weighted by Crippen LogP contribution is 2.29. The van der Waals surface area contributed by atoms with Gasteiger partial charge < -0.3 is 20.2 Å². The van der Waals surface area contributed by atoms with Gasteiger partial charge in [-0.05, 0) is 36.1 Å². The van der Waals surface area contributed by atoms with Gasteiger partial charge in [0.1, 0.15) is 25.0 Å². The number of hydrogen-bond donors (Lipinski definition) is 3. The van der Waals surface area contributed by atoms with Gasteiger partial charge in [0.25, 0.3) is 5.91 Å². The van der Waals surface area contributed by atoms with Crippen molar-refractivity contribution >= 4 is 41.7 Å². The third kappa shape index (κ3) is 4.12. The van der Waals surface area contributed by atoms with Crippen LogP contribution < -0.4 is 16.1 Å². The number of hydrogen-bond acceptors (Lipinski definition) is 6. The summed E-state index contributed by atoms with van der Waals surface area (Å²) in [6, 6.07) is 18.0. The third-order valence-electron chi connectivity index (χ3n) is 5.27. The van der Waals surface area contributed by atoms with E-state index in [4.69, 9.17) is 12.3 Å². The average molecular weight is 437 g/mol. The molecule has 0 bridgehead atoms. The van der Waals surface area contributed by atoms with E-state index in [0.29, 0.717) is 59.0 Å². The number of rotatable bonds is 7. The van der Waals surface area contributed by atoms with Gasteiger partial charge in [0.05, 0.1) is 5.69 Å². The molecule has 0 fully saturated rings. The SMILES string of the molecule is [B]c1cnn2c(NCCCNC(=O)c3cc4ccccc4o3)cc(-c3ccccc3O)nc12. The molecule has 0 aliphatic rings. The van der Waals surface area contributed by atoms with Gasteiger partial charge in [-0.25, -0.2) is 4.98 Å². The quantitative estimate of drug-likeness (QED) is 0.267. The van der Waals surface area contributed by atoms with Gasteiger partial charge in [0.2, 0.25) is 0 Å². The van der Waals surface area contributed by atoms with Gasteiger partial charge in [-0.15, -0.1) is 0 Å². The molecular weight excluding hydrogens is 417 g/mol. The molecule has 8 nitrogen and oxygen atoms in total. The Hall–Kier alpha value is -4.27. The molecule has 3 N–H and O–H groups in total. The van der Waals surface area contributed by atoms with Crippen molar-refractivity contribution in [3.8, 4) is 17.0 Å². The highest BCUT2D eigenvalue weighted by molar-refractivity contribution is 6.36. The number of furan rings is 1. The zero-order valence-corrected chi connectivity index (χ0v) is 17.7. The normalized spacial score (nSPS) is 11.2. The van der Waals surface area contributed by atoms with Gasteiger partial charge in [-0.1, -0.05) is 30.3 Å². The number of carbonyl (C=O) groups is 1. The van der Waals surface area contributed by atoms with E-state index in [1.165, 1.54) is 6.20 Å².